The second kappa shape index (κ2) is 12.3. The molecule has 0 saturated heterocycles. The Kier molecular flexibility index (Phi) is 10.5. The summed E-state index contributed by atoms with van der Waals surface area (Å²) >= 11 is 0. The van der Waals surface area contributed by atoms with Crippen molar-refractivity contribution in [2.24, 2.45) is 11.7 Å². The topological polar surface area (TPSA) is 102 Å². The Morgan fingerprint density at radius 1 is 1.30 bits per heavy atom. The number of carboxylic acids is 1. The van der Waals surface area contributed by atoms with Gasteiger partial charge in [-0.05, 0) is 50.2 Å². The summed E-state index contributed by atoms with van der Waals surface area (Å²) in [5, 5.41) is 10.9. The van der Waals surface area contributed by atoms with E-state index < -0.39 is 5.97 Å². The molecule has 0 heterocycles. The van der Waals surface area contributed by atoms with Crippen LogP contribution in [0.1, 0.15) is 57.1 Å². The zero-order valence-corrected chi connectivity index (χ0v) is 16.8. The average molecular weight is 379 g/mol. The van der Waals surface area contributed by atoms with Gasteiger partial charge >= 0.3 is 11.9 Å². The van der Waals surface area contributed by atoms with E-state index in [1.54, 1.807) is 0 Å². The number of hydrogen-bond acceptors (Lipinski definition) is 5. The number of esters is 1. The molecule has 0 amide bonds. The summed E-state index contributed by atoms with van der Waals surface area (Å²) in [4.78, 5) is 21.5. The van der Waals surface area contributed by atoms with Crippen molar-refractivity contribution in [2.45, 2.75) is 65.3 Å². The fourth-order valence-corrected chi connectivity index (χ4v) is 3.18. The summed E-state index contributed by atoms with van der Waals surface area (Å²) in [6.45, 7) is 6.39. The first kappa shape index (κ1) is 23.0. The Bertz CT molecular complexity index is 598. The van der Waals surface area contributed by atoms with E-state index in [0.717, 1.165) is 12.1 Å². The molecule has 1 atom stereocenters. The molecule has 1 aromatic carbocycles. The van der Waals surface area contributed by atoms with Crippen LogP contribution in [0.25, 0.3) is 0 Å². The Labute approximate surface area is 162 Å². The summed E-state index contributed by atoms with van der Waals surface area (Å²) in [6, 6.07) is 5.93. The normalized spacial score (nSPS) is 15.3. The van der Waals surface area contributed by atoms with E-state index in [1.807, 2.05) is 6.92 Å². The van der Waals surface area contributed by atoms with Gasteiger partial charge in [-0.15, -0.1) is 0 Å². The third-order valence-corrected chi connectivity index (χ3v) is 4.82. The number of anilines is 1. The van der Waals surface area contributed by atoms with E-state index in [2.05, 4.69) is 43.1 Å². The molecule has 0 aromatic heterocycles. The van der Waals surface area contributed by atoms with Crippen LogP contribution >= 0.6 is 0 Å². The summed E-state index contributed by atoms with van der Waals surface area (Å²) in [6.07, 6.45) is 7.24. The maximum absolute atomic E-state index is 12.2. The first-order valence-electron chi connectivity index (χ1n) is 9.82. The second-order valence-corrected chi connectivity index (χ2v) is 7.06. The smallest absolute Gasteiger partial charge is 0.328 e. The standard InChI is InChI=1S/C19H29NO2.C2H5NO2/c1-4-17-12-8-9-14(2)18(17)20-15(3)19(21)22-13-16-10-6-5-7-11-16;3-1-2(4)5/h8-9,12,15-16,20H,4-7,10-11,13H2,1-3H3;1,3H2,(H,4,5)/t15-;/m0./s1. The van der Waals surface area contributed by atoms with Gasteiger partial charge < -0.3 is 20.9 Å². The van der Waals surface area contributed by atoms with Crippen LogP contribution in [0.3, 0.4) is 0 Å². The second-order valence-electron chi connectivity index (χ2n) is 7.06. The predicted molar refractivity (Wildman–Crippen MR) is 108 cm³/mol. The molecule has 0 radical (unpaired) electrons. The lowest BCUT2D eigenvalue weighted by molar-refractivity contribution is -0.145. The minimum Gasteiger partial charge on any atom is -0.480 e. The molecule has 4 N–H and O–H groups in total. The van der Waals surface area contributed by atoms with Crippen LogP contribution in [0.15, 0.2) is 18.2 Å². The van der Waals surface area contributed by atoms with E-state index in [-0.39, 0.29) is 18.6 Å². The fourth-order valence-electron chi connectivity index (χ4n) is 3.18. The molecular weight excluding hydrogens is 344 g/mol. The number of aryl methyl sites for hydroxylation is 2. The number of carbonyl (C=O) groups is 2. The van der Waals surface area contributed by atoms with Gasteiger partial charge in [-0.25, -0.2) is 4.79 Å². The van der Waals surface area contributed by atoms with Crippen LogP contribution in [-0.2, 0) is 20.7 Å². The van der Waals surface area contributed by atoms with Crippen LogP contribution in [0.4, 0.5) is 5.69 Å². The minimum absolute atomic E-state index is 0.143. The molecule has 1 aromatic rings. The minimum atomic E-state index is -0.968. The highest BCUT2D eigenvalue weighted by Crippen LogP contribution is 2.24. The van der Waals surface area contributed by atoms with Gasteiger partial charge in [0.2, 0.25) is 0 Å². The number of rotatable bonds is 7. The molecule has 1 aliphatic carbocycles. The lowest BCUT2D eigenvalue weighted by atomic mass is 9.90. The highest BCUT2D eigenvalue weighted by molar-refractivity contribution is 5.79. The highest BCUT2D eigenvalue weighted by Gasteiger charge is 2.20. The van der Waals surface area contributed by atoms with Crippen LogP contribution in [-0.4, -0.2) is 36.2 Å². The maximum atomic E-state index is 12.2. The zero-order valence-electron chi connectivity index (χ0n) is 16.8. The van der Waals surface area contributed by atoms with Crippen LogP contribution in [0.5, 0.6) is 0 Å². The molecule has 152 valence electrons. The molecule has 1 saturated carbocycles. The number of hydrogen-bond donors (Lipinski definition) is 3. The van der Waals surface area contributed by atoms with Crippen molar-refractivity contribution < 1.29 is 19.4 Å². The molecule has 0 spiro atoms. The first-order chi connectivity index (χ1) is 12.9. The van der Waals surface area contributed by atoms with Crippen molar-refractivity contribution >= 4 is 17.6 Å². The lowest BCUT2D eigenvalue weighted by Crippen LogP contribution is -2.30. The van der Waals surface area contributed by atoms with Gasteiger partial charge in [0.05, 0.1) is 13.2 Å². The Morgan fingerprint density at radius 2 is 1.93 bits per heavy atom. The van der Waals surface area contributed by atoms with Crippen molar-refractivity contribution in [2.75, 3.05) is 18.5 Å². The Balaban J connectivity index is 0.000000646. The van der Waals surface area contributed by atoms with E-state index in [4.69, 9.17) is 9.84 Å². The molecular formula is C21H34N2O4. The number of nitrogens with one attached hydrogen (secondary N) is 1. The average Bonchev–Trinajstić information content (AvgIpc) is 2.68. The Morgan fingerprint density at radius 3 is 2.48 bits per heavy atom. The monoisotopic (exact) mass is 378 g/mol. The molecule has 1 fully saturated rings. The molecule has 1 aliphatic rings. The van der Waals surface area contributed by atoms with Gasteiger partial charge in [-0.1, -0.05) is 44.4 Å². The molecule has 6 nitrogen and oxygen atoms in total. The van der Waals surface area contributed by atoms with Gasteiger partial charge in [0.25, 0.3) is 0 Å². The number of aliphatic carboxylic acids is 1. The van der Waals surface area contributed by atoms with E-state index in [1.165, 1.54) is 43.2 Å². The van der Waals surface area contributed by atoms with Crippen molar-refractivity contribution in [1.29, 1.82) is 0 Å². The maximum Gasteiger partial charge on any atom is 0.328 e. The quantitative estimate of drug-likeness (QED) is 0.628. The van der Waals surface area contributed by atoms with Gasteiger partial charge in [0.1, 0.15) is 6.04 Å². The summed E-state index contributed by atoms with van der Waals surface area (Å²) < 4.78 is 5.53. The van der Waals surface area contributed by atoms with Gasteiger partial charge in [0, 0.05) is 5.69 Å². The molecule has 27 heavy (non-hydrogen) atoms. The van der Waals surface area contributed by atoms with Crippen molar-refractivity contribution in [3.8, 4) is 0 Å². The molecule has 0 aliphatic heterocycles. The van der Waals surface area contributed by atoms with Crippen LogP contribution in [0, 0.1) is 12.8 Å². The van der Waals surface area contributed by atoms with Crippen LogP contribution in [0.2, 0.25) is 0 Å². The molecule has 6 heteroatoms. The summed E-state index contributed by atoms with van der Waals surface area (Å²) in [5.41, 5.74) is 8.06. The zero-order chi connectivity index (χ0) is 20.2. The number of para-hydroxylation sites is 1. The molecule has 0 bridgehead atoms. The fraction of sp³-hybridized carbons (Fsp3) is 0.619. The van der Waals surface area contributed by atoms with Crippen molar-refractivity contribution in [3.05, 3.63) is 29.3 Å². The first-order valence-corrected chi connectivity index (χ1v) is 9.82. The third-order valence-electron chi connectivity index (χ3n) is 4.82. The van der Waals surface area contributed by atoms with Crippen molar-refractivity contribution in [1.82, 2.24) is 0 Å². The molecule has 2 rings (SSSR count). The number of ether oxygens (including phenoxy) is 1. The van der Waals surface area contributed by atoms with Gasteiger partial charge in [-0.3, -0.25) is 4.79 Å². The molecule has 0 unspecified atom stereocenters. The van der Waals surface area contributed by atoms with E-state index >= 15 is 0 Å². The summed E-state index contributed by atoms with van der Waals surface area (Å²) in [5.74, 6) is -0.546. The van der Waals surface area contributed by atoms with Crippen molar-refractivity contribution in [3.63, 3.8) is 0 Å². The number of carboxylic acid groups (broad SMARTS) is 1. The third kappa shape index (κ3) is 8.43. The predicted octanol–water partition coefficient (Wildman–Crippen LogP) is 3.51. The lowest BCUT2D eigenvalue weighted by Gasteiger charge is -2.23. The number of nitrogens with two attached hydrogens (primary N) is 1. The largest absolute Gasteiger partial charge is 0.480 e. The SMILES string of the molecule is CCc1cccc(C)c1N[C@@H](C)C(=O)OCC1CCCCC1.NCC(=O)O. The van der Waals surface area contributed by atoms with E-state index in [0.29, 0.717) is 12.5 Å². The number of benzene rings is 1. The number of carbonyl (C=O) groups excluding carboxylic acids is 1. The summed E-state index contributed by atoms with van der Waals surface area (Å²) in [7, 11) is 0. The highest BCUT2D eigenvalue weighted by atomic mass is 16.5. The van der Waals surface area contributed by atoms with Gasteiger partial charge in [-0.2, -0.15) is 0 Å². The van der Waals surface area contributed by atoms with E-state index in [9.17, 15) is 9.59 Å². The van der Waals surface area contributed by atoms with Crippen LogP contribution < -0.4 is 11.1 Å². The Hall–Kier alpha value is -2.08. The van der Waals surface area contributed by atoms with Gasteiger partial charge in [0.15, 0.2) is 0 Å².